The number of hydrogen-bond donors (Lipinski definition) is 1. The molecule has 3 rings (SSSR count). The minimum atomic E-state index is -0.115. The molecule has 0 spiro atoms. The third kappa shape index (κ3) is 4.11. The summed E-state index contributed by atoms with van der Waals surface area (Å²) in [6.45, 7) is 5.06. The van der Waals surface area contributed by atoms with E-state index in [0.717, 1.165) is 28.9 Å². The molecule has 5 nitrogen and oxygen atoms in total. The Morgan fingerprint density at radius 3 is 2.69 bits per heavy atom. The van der Waals surface area contributed by atoms with Crippen molar-refractivity contribution in [2.24, 2.45) is 0 Å². The van der Waals surface area contributed by atoms with E-state index in [1.54, 1.807) is 11.9 Å². The predicted molar refractivity (Wildman–Crippen MR) is 105 cm³/mol. The van der Waals surface area contributed by atoms with E-state index < -0.39 is 0 Å². The second kappa shape index (κ2) is 7.70. The maximum atomic E-state index is 12.6. The molecule has 26 heavy (non-hydrogen) atoms. The summed E-state index contributed by atoms with van der Waals surface area (Å²) < 4.78 is 0. The average molecular weight is 351 g/mol. The van der Waals surface area contributed by atoms with Gasteiger partial charge in [0.05, 0.1) is 13.1 Å². The number of aryl methyl sites for hydroxylation is 2. The molecule has 2 aromatic rings. The second-order valence-corrected chi connectivity index (χ2v) is 6.96. The first-order valence-electron chi connectivity index (χ1n) is 8.88. The highest BCUT2D eigenvalue weighted by atomic mass is 16.2. The lowest BCUT2D eigenvalue weighted by Gasteiger charge is -2.22. The highest BCUT2D eigenvalue weighted by Crippen LogP contribution is 2.27. The average Bonchev–Trinajstić information content (AvgIpc) is 3.02. The van der Waals surface area contributed by atoms with Crippen molar-refractivity contribution in [1.82, 2.24) is 4.90 Å². The molecule has 0 unspecified atom stereocenters. The number of nitrogens with zero attached hydrogens (tertiary/aromatic N) is 2. The molecule has 0 aromatic heterocycles. The molecule has 0 saturated carbocycles. The lowest BCUT2D eigenvalue weighted by Crippen LogP contribution is -2.40. The molecule has 1 heterocycles. The summed E-state index contributed by atoms with van der Waals surface area (Å²) in [5, 5.41) is 2.93. The van der Waals surface area contributed by atoms with Crippen LogP contribution in [0.4, 0.5) is 11.4 Å². The monoisotopic (exact) mass is 351 g/mol. The number of nitrogens with one attached hydrogen (secondary N) is 1. The number of amides is 2. The molecule has 0 fully saturated rings. The molecule has 0 bridgehead atoms. The topological polar surface area (TPSA) is 52.7 Å². The van der Waals surface area contributed by atoms with Gasteiger partial charge >= 0.3 is 0 Å². The first kappa shape index (κ1) is 18.1. The number of hydrogen-bond acceptors (Lipinski definition) is 3. The smallest absolute Gasteiger partial charge is 0.241 e. The SMILES string of the molecule is Cc1ccc(C)c(NC(=O)CN(C)CC(=O)N2CCc3ccccc32)c1. The van der Waals surface area contributed by atoms with Crippen LogP contribution in [0.3, 0.4) is 0 Å². The minimum absolute atomic E-state index is 0.0250. The summed E-state index contributed by atoms with van der Waals surface area (Å²) in [6, 6.07) is 14.0. The standard InChI is InChI=1S/C21H25N3O2/c1-15-8-9-16(2)18(12-15)22-20(25)13-23(3)14-21(26)24-11-10-17-6-4-5-7-19(17)24/h4-9,12H,10-11,13-14H2,1-3H3,(H,22,25). The Kier molecular flexibility index (Phi) is 5.38. The van der Waals surface area contributed by atoms with Gasteiger partial charge in [-0.25, -0.2) is 0 Å². The van der Waals surface area contributed by atoms with Crippen LogP contribution >= 0.6 is 0 Å². The van der Waals surface area contributed by atoms with Crippen LogP contribution < -0.4 is 10.2 Å². The van der Waals surface area contributed by atoms with Crippen molar-refractivity contribution in [2.75, 3.05) is 36.9 Å². The summed E-state index contributed by atoms with van der Waals surface area (Å²) in [4.78, 5) is 28.5. The molecule has 2 aromatic carbocycles. The molecule has 1 aliphatic heterocycles. The molecule has 5 heteroatoms. The van der Waals surface area contributed by atoms with E-state index in [9.17, 15) is 9.59 Å². The summed E-state index contributed by atoms with van der Waals surface area (Å²) >= 11 is 0. The molecule has 2 amide bonds. The van der Waals surface area contributed by atoms with Gasteiger partial charge in [0, 0.05) is 17.9 Å². The van der Waals surface area contributed by atoms with E-state index in [-0.39, 0.29) is 24.9 Å². The number of fused-ring (bicyclic) bond motifs is 1. The predicted octanol–water partition coefficient (Wildman–Crippen LogP) is 2.76. The van der Waals surface area contributed by atoms with E-state index in [1.165, 1.54) is 5.56 Å². The van der Waals surface area contributed by atoms with Gasteiger partial charge in [0.2, 0.25) is 11.8 Å². The highest BCUT2D eigenvalue weighted by molar-refractivity contribution is 5.97. The molecular formula is C21H25N3O2. The van der Waals surface area contributed by atoms with Crippen molar-refractivity contribution in [1.29, 1.82) is 0 Å². The Morgan fingerprint density at radius 1 is 1.12 bits per heavy atom. The summed E-state index contributed by atoms with van der Waals surface area (Å²) in [7, 11) is 1.79. The van der Waals surface area contributed by atoms with Crippen LogP contribution in [0.5, 0.6) is 0 Å². The van der Waals surface area contributed by atoms with Gasteiger partial charge in [-0.2, -0.15) is 0 Å². The van der Waals surface area contributed by atoms with Crippen molar-refractivity contribution in [3.05, 3.63) is 59.2 Å². The number of benzene rings is 2. The van der Waals surface area contributed by atoms with Crippen molar-refractivity contribution < 1.29 is 9.59 Å². The largest absolute Gasteiger partial charge is 0.325 e. The van der Waals surface area contributed by atoms with E-state index in [0.29, 0.717) is 6.54 Å². The number of carbonyl (C=O) groups excluding carboxylic acids is 2. The Bertz CT molecular complexity index is 832. The summed E-state index contributed by atoms with van der Waals surface area (Å²) in [6.07, 6.45) is 0.888. The van der Waals surface area contributed by atoms with Crippen LogP contribution in [0.15, 0.2) is 42.5 Å². The van der Waals surface area contributed by atoms with Crippen LogP contribution in [0.1, 0.15) is 16.7 Å². The van der Waals surface area contributed by atoms with Crippen LogP contribution in [0, 0.1) is 13.8 Å². The van der Waals surface area contributed by atoms with Crippen molar-refractivity contribution in [2.45, 2.75) is 20.3 Å². The maximum Gasteiger partial charge on any atom is 0.241 e. The first-order chi connectivity index (χ1) is 12.4. The maximum absolute atomic E-state index is 12.6. The number of rotatable bonds is 5. The van der Waals surface area contributed by atoms with Crippen LogP contribution in [-0.4, -0.2) is 43.4 Å². The lowest BCUT2D eigenvalue weighted by atomic mass is 10.1. The molecule has 0 radical (unpaired) electrons. The first-order valence-corrected chi connectivity index (χ1v) is 8.88. The van der Waals surface area contributed by atoms with Gasteiger partial charge in [-0.1, -0.05) is 30.3 Å². The molecule has 1 aliphatic rings. The third-order valence-corrected chi connectivity index (χ3v) is 4.67. The van der Waals surface area contributed by atoms with Crippen molar-refractivity contribution in [3.8, 4) is 0 Å². The summed E-state index contributed by atoms with van der Waals surface area (Å²) in [5.41, 5.74) is 5.14. The number of anilines is 2. The zero-order chi connectivity index (χ0) is 18.7. The van der Waals surface area contributed by atoms with Gasteiger partial charge in [-0.15, -0.1) is 0 Å². The van der Waals surface area contributed by atoms with Gasteiger partial charge in [0.1, 0.15) is 0 Å². The van der Waals surface area contributed by atoms with E-state index in [4.69, 9.17) is 0 Å². The quantitative estimate of drug-likeness (QED) is 0.901. The summed E-state index contributed by atoms with van der Waals surface area (Å²) in [5.74, 6) is -0.0900. The Balaban J connectivity index is 1.55. The van der Waals surface area contributed by atoms with Crippen LogP contribution in [-0.2, 0) is 16.0 Å². The van der Waals surface area contributed by atoms with E-state index in [2.05, 4.69) is 11.4 Å². The Hall–Kier alpha value is -2.66. The van der Waals surface area contributed by atoms with E-state index >= 15 is 0 Å². The molecule has 0 aliphatic carbocycles. The van der Waals surface area contributed by atoms with Crippen LogP contribution in [0.25, 0.3) is 0 Å². The molecule has 1 N–H and O–H groups in total. The second-order valence-electron chi connectivity index (χ2n) is 6.96. The van der Waals surface area contributed by atoms with Gasteiger partial charge < -0.3 is 10.2 Å². The Morgan fingerprint density at radius 2 is 1.88 bits per heavy atom. The molecule has 0 atom stereocenters. The zero-order valence-electron chi connectivity index (χ0n) is 15.6. The molecule has 136 valence electrons. The molecular weight excluding hydrogens is 326 g/mol. The van der Waals surface area contributed by atoms with E-state index in [1.807, 2.05) is 55.1 Å². The van der Waals surface area contributed by atoms with Crippen LogP contribution in [0.2, 0.25) is 0 Å². The van der Waals surface area contributed by atoms with Gasteiger partial charge in [0.15, 0.2) is 0 Å². The number of carbonyl (C=O) groups is 2. The third-order valence-electron chi connectivity index (χ3n) is 4.67. The fourth-order valence-corrected chi connectivity index (χ4v) is 3.27. The zero-order valence-corrected chi connectivity index (χ0v) is 15.6. The normalized spacial score (nSPS) is 13.0. The number of likely N-dealkylation sites (N-methyl/N-ethyl adjacent to an activating group) is 1. The fourth-order valence-electron chi connectivity index (χ4n) is 3.27. The fraction of sp³-hybridized carbons (Fsp3) is 0.333. The van der Waals surface area contributed by atoms with Gasteiger partial charge in [0.25, 0.3) is 0 Å². The number of para-hydroxylation sites is 1. The minimum Gasteiger partial charge on any atom is -0.325 e. The van der Waals surface area contributed by atoms with Gasteiger partial charge in [-0.05, 0) is 56.1 Å². The van der Waals surface area contributed by atoms with Crippen molar-refractivity contribution >= 4 is 23.2 Å². The highest BCUT2D eigenvalue weighted by Gasteiger charge is 2.25. The van der Waals surface area contributed by atoms with Crippen molar-refractivity contribution in [3.63, 3.8) is 0 Å². The van der Waals surface area contributed by atoms with Gasteiger partial charge in [-0.3, -0.25) is 14.5 Å². The Labute approximate surface area is 154 Å². The lowest BCUT2D eigenvalue weighted by molar-refractivity contribution is -0.120. The molecule has 0 saturated heterocycles.